The summed E-state index contributed by atoms with van der Waals surface area (Å²) in [5.41, 5.74) is 5.59. The van der Waals surface area contributed by atoms with Crippen LogP contribution in [-0.2, 0) is 13.5 Å². The van der Waals surface area contributed by atoms with Crippen molar-refractivity contribution in [1.82, 2.24) is 20.1 Å². The third kappa shape index (κ3) is 5.15. The van der Waals surface area contributed by atoms with E-state index in [-0.39, 0.29) is 17.9 Å². The van der Waals surface area contributed by atoms with Crippen molar-refractivity contribution < 1.29 is 4.39 Å². The first-order chi connectivity index (χ1) is 17.1. The Morgan fingerprint density at radius 1 is 1.17 bits per heavy atom. The lowest BCUT2D eigenvalue weighted by atomic mass is 9.96. The Bertz CT molecular complexity index is 1360. The molecule has 0 fully saturated rings. The summed E-state index contributed by atoms with van der Waals surface area (Å²) in [4.78, 5) is 4.65. The number of nitrogens with one attached hydrogen (secondary N) is 3. The van der Waals surface area contributed by atoms with Gasteiger partial charge in [-0.3, -0.25) is 4.68 Å². The van der Waals surface area contributed by atoms with Crippen molar-refractivity contribution in [1.29, 1.82) is 5.26 Å². The van der Waals surface area contributed by atoms with Gasteiger partial charge >= 0.3 is 0 Å². The standard InChI is InChI=1S/C27H26FN7/c1-35-17-22(15-33-35)21-12-24-27(32-14-21)34-25(16-31-24)26(20-3-2-4-23(28)11-20)30-10-9-18-5-7-19(13-29)8-6-18/h2-8,11-12,14-15,17,25-26,30-31H,9-10,16H2,1H3,(H,32,34)/t25-,26-/m1/s1. The fourth-order valence-electron chi connectivity index (χ4n) is 4.40. The van der Waals surface area contributed by atoms with Crippen LogP contribution in [0.3, 0.4) is 0 Å². The topological polar surface area (TPSA) is 90.6 Å². The summed E-state index contributed by atoms with van der Waals surface area (Å²) >= 11 is 0. The van der Waals surface area contributed by atoms with Gasteiger partial charge in [-0.25, -0.2) is 9.37 Å². The van der Waals surface area contributed by atoms with E-state index >= 15 is 0 Å². The van der Waals surface area contributed by atoms with Crippen LogP contribution in [0.1, 0.15) is 22.7 Å². The van der Waals surface area contributed by atoms with E-state index in [4.69, 9.17) is 5.26 Å². The van der Waals surface area contributed by atoms with Crippen molar-refractivity contribution in [3.05, 3.63) is 95.7 Å². The Kier molecular flexibility index (Phi) is 6.42. The SMILES string of the molecule is Cn1cc(-c2cnc3c(c2)NC[C@H]([C@H](NCCc2ccc(C#N)cc2)c2cccc(F)c2)N3)cn1. The number of benzene rings is 2. The predicted octanol–water partition coefficient (Wildman–Crippen LogP) is 4.27. The van der Waals surface area contributed by atoms with E-state index in [2.05, 4.69) is 38.2 Å². The second kappa shape index (κ2) is 9.95. The minimum atomic E-state index is -0.259. The van der Waals surface area contributed by atoms with Gasteiger partial charge in [0.15, 0.2) is 0 Å². The molecule has 0 radical (unpaired) electrons. The lowest BCUT2D eigenvalue weighted by molar-refractivity contribution is 0.469. The zero-order valence-electron chi connectivity index (χ0n) is 19.4. The number of rotatable bonds is 7. The van der Waals surface area contributed by atoms with E-state index in [0.29, 0.717) is 18.7 Å². The minimum Gasteiger partial charge on any atom is -0.380 e. The van der Waals surface area contributed by atoms with Crippen LogP contribution in [0, 0.1) is 17.1 Å². The first kappa shape index (κ1) is 22.6. The molecule has 176 valence electrons. The Labute approximate surface area is 203 Å². The molecule has 4 aromatic rings. The van der Waals surface area contributed by atoms with Crippen LogP contribution in [0.5, 0.6) is 0 Å². The molecule has 5 rings (SSSR count). The number of aromatic nitrogens is 3. The summed E-state index contributed by atoms with van der Waals surface area (Å²) in [6, 6.07) is 18.4. The first-order valence-corrected chi connectivity index (χ1v) is 11.6. The van der Waals surface area contributed by atoms with Gasteiger partial charge < -0.3 is 16.0 Å². The van der Waals surface area contributed by atoms with Crippen LogP contribution in [0.25, 0.3) is 11.1 Å². The molecule has 3 N–H and O–H groups in total. The van der Waals surface area contributed by atoms with Gasteiger partial charge in [-0.05, 0) is 54.4 Å². The van der Waals surface area contributed by atoms with E-state index < -0.39 is 0 Å². The van der Waals surface area contributed by atoms with Crippen LogP contribution < -0.4 is 16.0 Å². The number of nitrogens with zero attached hydrogens (tertiary/aromatic N) is 4. The number of hydrogen-bond donors (Lipinski definition) is 3. The van der Waals surface area contributed by atoms with Crippen LogP contribution in [0.2, 0.25) is 0 Å². The number of pyridine rings is 1. The minimum absolute atomic E-state index is 0.0398. The summed E-state index contributed by atoms with van der Waals surface area (Å²) < 4.78 is 15.9. The molecule has 2 aromatic heterocycles. The van der Waals surface area contributed by atoms with Crippen LogP contribution in [-0.4, -0.2) is 33.9 Å². The molecule has 0 bridgehead atoms. The summed E-state index contributed by atoms with van der Waals surface area (Å²) in [6.07, 6.45) is 6.41. The summed E-state index contributed by atoms with van der Waals surface area (Å²) in [7, 11) is 1.89. The van der Waals surface area contributed by atoms with Crippen molar-refractivity contribution in [2.75, 3.05) is 23.7 Å². The Hall–Kier alpha value is -4.22. The average Bonchev–Trinajstić information content (AvgIpc) is 3.32. The number of nitriles is 1. The molecule has 0 unspecified atom stereocenters. The van der Waals surface area contributed by atoms with Gasteiger partial charge in [0.2, 0.25) is 0 Å². The quantitative estimate of drug-likeness (QED) is 0.376. The normalized spacial score (nSPS) is 15.4. The molecule has 0 spiro atoms. The van der Waals surface area contributed by atoms with Gasteiger partial charge in [0.1, 0.15) is 11.6 Å². The molecular formula is C27H26FN7. The largest absolute Gasteiger partial charge is 0.380 e. The second-order valence-electron chi connectivity index (χ2n) is 8.70. The van der Waals surface area contributed by atoms with Crippen LogP contribution in [0.15, 0.2) is 73.2 Å². The Morgan fingerprint density at radius 2 is 2.03 bits per heavy atom. The fourth-order valence-corrected chi connectivity index (χ4v) is 4.40. The van der Waals surface area contributed by atoms with Crippen molar-refractivity contribution in [3.8, 4) is 17.2 Å². The number of fused-ring (bicyclic) bond motifs is 1. The molecule has 0 amide bonds. The van der Waals surface area contributed by atoms with Crippen molar-refractivity contribution in [3.63, 3.8) is 0 Å². The number of hydrogen-bond acceptors (Lipinski definition) is 6. The van der Waals surface area contributed by atoms with E-state index in [1.54, 1.807) is 16.8 Å². The van der Waals surface area contributed by atoms with Gasteiger partial charge in [0.25, 0.3) is 0 Å². The van der Waals surface area contributed by atoms with Crippen LogP contribution in [0.4, 0.5) is 15.9 Å². The van der Waals surface area contributed by atoms with Gasteiger partial charge in [0, 0.05) is 37.1 Å². The molecule has 35 heavy (non-hydrogen) atoms. The maximum atomic E-state index is 14.1. The molecule has 7 nitrogen and oxygen atoms in total. The van der Waals surface area contributed by atoms with Crippen molar-refractivity contribution in [2.24, 2.45) is 7.05 Å². The first-order valence-electron chi connectivity index (χ1n) is 11.6. The molecule has 1 aliphatic heterocycles. The maximum absolute atomic E-state index is 14.1. The van der Waals surface area contributed by atoms with Gasteiger partial charge in [-0.15, -0.1) is 0 Å². The van der Waals surface area contributed by atoms with Gasteiger partial charge in [-0.1, -0.05) is 24.3 Å². The highest BCUT2D eigenvalue weighted by Gasteiger charge is 2.28. The van der Waals surface area contributed by atoms with E-state index in [1.807, 2.05) is 56.0 Å². The highest BCUT2D eigenvalue weighted by molar-refractivity contribution is 5.75. The Balaban J connectivity index is 1.32. The summed E-state index contributed by atoms with van der Waals surface area (Å²) in [6.45, 7) is 1.35. The molecule has 2 aromatic carbocycles. The molecule has 1 aliphatic rings. The number of halogens is 1. The maximum Gasteiger partial charge on any atom is 0.149 e. The number of anilines is 2. The highest BCUT2D eigenvalue weighted by Crippen LogP contribution is 2.32. The monoisotopic (exact) mass is 467 g/mol. The van der Waals surface area contributed by atoms with E-state index in [0.717, 1.165) is 40.2 Å². The Morgan fingerprint density at radius 3 is 2.77 bits per heavy atom. The third-order valence-electron chi connectivity index (χ3n) is 6.23. The zero-order chi connectivity index (χ0) is 24.2. The molecular weight excluding hydrogens is 441 g/mol. The van der Waals surface area contributed by atoms with Crippen molar-refractivity contribution in [2.45, 2.75) is 18.5 Å². The smallest absolute Gasteiger partial charge is 0.149 e. The van der Waals surface area contributed by atoms with Crippen LogP contribution >= 0.6 is 0 Å². The fraction of sp³-hybridized carbons (Fsp3) is 0.222. The zero-order valence-corrected chi connectivity index (χ0v) is 19.4. The number of aryl methyl sites for hydroxylation is 1. The van der Waals surface area contributed by atoms with Crippen molar-refractivity contribution >= 4 is 11.5 Å². The van der Waals surface area contributed by atoms with Gasteiger partial charge in [0.05, 0.1) is 35.6 Å². The molecule has 0 aliphatic carbocycles. The molecule has 0 saturated heterocycles. The lowest BCUT2D eigenvalue weighted by Crippen LogP contribution is -2.44. The second-order valence-corrected chi connectivity index (χ2v) is 8.70. The van der Waals surface area contributed by atoms with Gasteiger partial charge in [-0.2, -0.15) is 10.4 Å². The predicted molar refractivity (Wildman–Crippen MR) is 134 cm³/mol. The highest BCUT2D eigenvalue weighted by atomic mass is 19.1. The molecule has 8 heteroatoms. The summed E-state index contributed by atoms with van der Waals surface area (Å²) in [5.74, 6) is 0.508. The molecule has 3 heterocycles. The van der Waals surface area contributed by atoms with E-state index in [1.165, 1.54) is 6.07 Å². The lowest BCUT2D eigenvalue weighted by Gasteiger charge is -2.34. The average molecular weight is 468 g/mol. The molecule has 2 atom stereocenters. The van der Waals surface area contributed by atoms with E-state index in [9.17, 15) is 4.39 Å². The summed E-state index contributed by atoms with van der Waals surface area (Å²) in [5, 5.41) is 23.9. The third-order valence-corrected chi connectivity index (χ3v) is 6.23. The molecule has 0 saturated carbocycles.